The molecule has 8 heteroatoms. The van der Waals surface area contributed by atoms with Gasteiger partial charge in [0.2, 0.25) is 0 Å². The Morgan fingerprint density at radius 2 is 1.58 bits per heavy atom. The highest BCUT2D eigenvalue weighted by Gasteiger charge is 2.58. The van der Waals surface area contributed by atoms with Crippen LogP contribution in [-0.2, 0) is 4.74 Å². The van der Waals surface area contributed by atoms with Crippen LogP contribution in [0.3, 0.4) is 0 Å². The van der Waals surface area contributed by atoms with Crippen LogP contribution in [0.1, 0.15) is 0 Å². The van der Waals surface area contributed by atoms with Gasteiger partial charge in [-0.25, -0.2) is 4.39 Å². The molecule has 0 aliphatic carbocycles. The highest BCUT2D eigenvalue weighted by Crippen LogP contribution is 2.35. The van der Waals surface area contributed by atoms with Crippen molar-refractivity contribution in [2.24, 2.45) is 0 Å². The molecule has 0 rings (SSSR count). The van der Waals surface area contributed by atoms with Crippen molar-refractivity contribution in [3.63, 3.8) is 0 Å². The molecule has 0 aromatic heterocycles. The largest absolute Gasteiger partial charge is 0.428 e. The second-order valence-electron chi connectivity index (χ2n) is 1.72. The van der Waals surface area contributed by atoms with Gasteiger partial charge in [0.05, 0.1) is 0 Å². The molecule has 0 spiro atoms. The Bertz CT molecular complexity index is 145. The molecule has 0 N–H and O–H groups in total. The minimum atomic E-state index is -5.66. The van der Waals surface area contributed by atoms with Crippen LogP contribution in [-0.4, -0.2) is 24.5 Å². The molecule has 0 heterocycles. The molecule has 0 aliphatic heterocycles. The third-order valence-electron chi connectivity index (χ3n) is 0.829. The maximum Gasteiger partial charge on any atom is 0.428 e. The maximum absolute atomic E-state index is 11.9. The third kappa shape index (κ3) is 3.06. The van der Waals surface area contributed by atoms with Crippen molar-refractivity contribution in [2.75, 3.05) is 6.07 Å². The summed E-state index contributed by atoms with van der Waals surface area (Å²) in [5, 5.41) is 0. The standard InChI is InChI=1S/C4H3ClF6O/c5-1-12-4(10,11)2(6)3(7,8)9/h2H,1H2. The van der Waals surface area contributed by atoms with Crippen LogP contribution in [0.5, 0.6) is 0 Å². The van der Waals surface area contributed by atoms with E-state index < -0.39 is 24.5 Å². The molecule has 0 aromatic rings. The summed E-state index contributed by atoms with van der Waals surface area (Å²) in [7, 11) is 0. The fraction of sp³-hybridized carbons (Fsp3) is 1.00. The highest BCUT2D eigenvalue weighted by molar-refractivity contribution is 6.17. The average molecular weight is 217 g/mol. The van der Waals surface area contributed by atoms with E-state index in [-0.39, 0.29) is 0 Å². The number of alkyl halides is 7. The predicted octanol–water partition coefficient (Wildman–Crippen LogP) is 2.69. The highest BCUT2D eigenvalue weighted by atomic mass is 35.5. The van der Waals surface area contributed by atoms with Crippen molar-refractivity contribution < 1.29 is 31.1 Å². The lowest BCUT2D eigenvalue weighted by Gasteiger charge is -2.20. The Labute approximate surface area is 68.2 Å². The van der Waals surface area contributed by atoms with E-state index in [0.29, 0.717) is 0 Å². The summed E-state index contributed by atoms with van der Waals surface area (Å²) in [5.41, 5.74) is 0. The Balaban J connectivity index is 4.34. The molecule has 1 nitrogen and oxygen atoms in total. The number of hydrogen-bond donors (Lipinski definition) is 0. The second-order valence-corrected chi connectivity index (χ2v) is 1.94. The van der Waals surface area contributed by atoms with E-state index in [0.717, 1.165) is 0 Å². The molecule has 0 saturated carbocycles. The number of ether oxygens (including phenoxy) is 1. The first-order valence-electron chi connectivity index (χ1n) is 2.50. The minimum Gasteiger partial charge on any atom is -0.302 e. The monoisotopic (exact) mass is 216 g/mol. The quantitative estimate of drug-likeness (QED) is 0.521. The smallest absolute Gasteiger partial charge is 0.302 e. The molecule has 0 aromatic carbocycles. The zero-order valence-corrected chi connectivity index (χ0v) is 6.09. The van der Waals surface area contributed by atoms with Gasteiger partial charge in [0.1, 0.15) is 6.07 Å². The zero-order valence-electron chi connectivity index (χ0n) is 5.34. The van der Waals surface area contributed by atoms with Gasteiger partial charge in [-0.15, -0.1) is 0 Å². The van der Waals surface area contributed by atoms with Crippen molar-refractivity contribution in [3.05, 3.63) is 0 Å². The lowest BCUT2D eigenvalue weighted by molar-refractivity contribution is -0.330. The molecule has 0 fully saturated rings. The Hall–Kier alpha value is -0.170. The van der Waals surface area contributed by atoms with Crippen LogP contribution in [0.15, 0.2) is 0 Å². The molecule has 1 unspecified atom stereocenters. The van der Waals surface area contributed by atoms with Crippen LogP contribution < -0.4 is 0 Å². The first-order valence-corrected chi connectivity index (χ1v) is 3.04. The molecule has 12 heavy (non-hydrogen) atoms. The lowest BCUT2D eigenvalue weighted by Crippen LogP contribution is -2.43. The van der Waals surface area contributed by atoms with Crippen molar-refractivity contribution in [2.45, 2.75) is 18.5 Å². The predicted molar refractivity (Wildman–Crippen MR) is 27.7 cm³/mol. The van der Waals surface area contributed by atoms with E-state index in [1.54, 1.807) is 0 Å². The molecular formula is C4H3ClF6O. The Morgan fingerprint density at radius 1 is 1.17 bits per heavy atom. The minimum absolute atomic E-state index is 1.22. The fourth-order valence-electron chi connectivity index (χ4n) is 0.336. The van der Waals surface area contributed by atoms with E-state index in [1.807, 2.05) is 0 Å². The summed E-state index contributed by atoms with van der Waals surface area (Å²) >= 11 is 4.54. The van der Waals surface area contributed by atoms with Crippen molar-refractivity contribution in [1.82, 2.24) is 0 Å². The van der Waals surface area contributed by atoms with Gasteiger partial charge < -0.3 is 4.74 Å². The summed E-state index contributed by atoms with van der Waals surface area (Å²) in [6.45, 7) is 0. The van der Waals surface area contributed by atoms with E-state index in [2.05, 4.69) is 16.3 Å². The number of hydrogen-bond acceptors (Lipinski definition) is 1. The molecule has 0 amide bonds. The van der Waals surface area contributed by atoms with Gasteiger partial charge in [-0.05, 0) is 0 Å². The SMILES string of the molecule is FC(C(F)(F)F)C(F)(F)OCCl. The number of halogens is 7. The molecule has 0 radical (unpaired) electrons. The summed E-state index contributed by atoms with van der Waals surface area (Å²) in [4.78, 5) is 0. The second kappa shape index (κ2) is 3.69. The van der Waals surface area contributed by atoms with E-state index in [4.69, 9.17) is 0 Å². The zero-order chi connectivity index (χ0) is 9.99. The summed E-state index contributed by atoms with van der Waals surface area (Å²) in [5.74, 6) is 0. The van der Waals surface area contributed by atoms with Crippen LogP contribution >= 0.6 is 11.6 Å². The molecule has 1 atom stereocenters. The number of rotatable bonds is 3. The molecule has 0 saturated heterocycles. The summed E-state index contributed by atoms with van der Waals surface area (Å²) < 4.78 is 72.6. The first kappa shape index (κ1) is 11.8. The van der Waals surface area contributed by atoms with Gasteiger partial charge in [-0.3, -0.25) is 0 Å². The van der Waals surface area contributed by atoms with Gasteiger partial charge in [-0.1, -0.05) is 11.6 Å². The van der Waals surface area contributed by atoms with E-state index in [1.165, 1.54) is 0 Å². The maximum atomic E-state index is 11.9. The van der Waals surface area contributed by atoms with Gasteiger partial charge in [0.25, 0.3) is 6.17 Å². The van der Waals surface area contributed by atoms with E-state index in [9.17, 15) is 26.3 Å². The summed E-state index contributed by atoms with van der Waals surface area (Å²) in [6.07, 6.45) is -14.9. The van der Waals surface area contributed by atoms with Crippen LogP contribution in [0.25, 0.3) is 0 Å². The first-order chi connectivity index (χ1) is 5.22. The topological polar surface area (TPSA) is 9.23 Å². The third-order valence-corrected chi connectivity index (χ3v) is 0.939. The summed E-state index contributed by atoms with van der Waals surface area (Å²) in [6, 6.07) is -1.22. The molecule has 0 bridgehead atoms. The van der Waals surface area contributed by atoms with Crippen LogP contribution in [0.2, 0.25) is 0 Å². The van der Waals surface area contributed by atoms with Crippen molar-refractivity contribution >= 4 is 11.6 Å². The molecule has 0 aliphatic rings. The normalized spacial score (nSPS) is 16.2. The van der Waals surface area contributed by atoms with Gasteiger partial charge in [0.15, 0.2) is 0 Å². The van der Waals surface area contributed by atoms with Crippen molar-refractivity contribution in [1.29, 1.82) is 0 Å². The van der Waals surface area contributed by atoms with Crippen LogP contribution in [0.4, 0.5) is 26.3 Å². The van der Waals surface area contributed by atoms with Gasteiger partial charge >= 0.3 is 12.3 Å². The molecule has 74 valence electrons. The van der Waals surface area contributed by atoms with E-state index >= 15 is 0 Å². The average Bonchev–Trinajstić information content (AvgIpc) is 1.84. The Kier molecular flexibility index (Phi) is 3.64. The lowest BCUT2D eigenvalue weighted by atomic mass is 10.3. The van der Waals surface area contributed by atoms with Gasteiger partial charge in [0, 0.05) is 0 Å². The fourth-order valence-corrected chi connectivity index (χ4v) is 0.482. The van der Waals surface area contributed by atoms with Gasteiger partial charge in [-0.2, -0.15) is 22.0 Å². The van der Waals surface area contributed by atoms with Crippen LogP contribution in [0, 0.1) is 0 Å². The van der Waals surface area contributed by atoms with Crippen molar-refractivity contribution in [3.8, 4) is 0 Å². The Morgan fingerprint density at radius 3 is 1.83 bits per heavy atom. The molecular weight excluding hydrogens is 213 g/mol.